The van der Waals surface area contributed by atoms with Gasteiger partial charge < -0.3 is 4.90 Å². The molecule has 2 nitrogen and oxygen atoms in total. The summed E-state index contributed by atoms with van der Waals surface area (Å²) in [4.78, 5) is 7.74. The lowest BCUT2D eigenvalue weighted by Crippen LogP contribution is -2.15. The summed E-state index contributed by atoms with van der Waals surface area (Å²) in [6, 6.07) is 0.487. The summed E-state index contributed by atoms with van der Waals surface area (Å²) >= 11 is 1.77. The van der Waals surface area contributed by atoms with Crippen molar-refractivity contribution in [3.8, 4) is 0 Å². The fourth-order valence-electron chi connectivity index (χ4n) is 0.825. The van der Waals surface area contributed by atoms with Gasteiger partial charge in [0.1, 0.15) is 0 Å². The third-order valence-electron chi connectivity index (χ3n) is 1.83. The minimum absolute atomic E-state index is 0.487. The van der Waals surface area contributed by atoms with Crippen LogP contribution in [0.1, 0.15) is 22.9 Å². The van der Waals surface area contributed by atoms with Gasteiger partial charge in [-0.1, -0.05) is 0 Å². The molecule has 0 spiro atoms. The van der Waals surface area contributed by atoms with Crippen molar-refractivity contribution >= 4 is 11.3 Å². The van der Waals surface area contributed by atoms with Crippen LogP contribution in [-0.2, 0) is 0 Å². The molecule has 1 aromatic heterocycles. The standard InChI is InChI=1S/C8H14N2S/c1-6(10(3)4)8-5-9-7(2)11-8/h5-6H,1-4H3. The maximum absolute atomic E-state index is 4.21. The van der Waals surface area contributed by atoms with E-state index in [2.05, 4.69) is 30.9 Å². The molecule has 0 saturated heterocycles. The van der Waals surface area contributed by atoms with Gasteiger partial charge in [-0.2, -0.15) is 0 Å². The van der Waals surface area contributed by atoms with Gasteiger partial charge in [-0.25, -0.2) is 4.98 Å². The second-order valence-electron chi connectivity index (χ2n) is 2.92. The Labute approximate surface area is 71.9 Å². The third-order valence-corrected chi connectivity index (χ3v) is 2.91. The normalized spacial score (nSPS) is 13.9. The highest BCUT2D eigenvalue weighted by molar-refractivity contribution is 7.11. The van der Waals surface area contributed by atoms with E-state index in [9.17, 15) is 0 Å². The molecule has 1 heterocycles. The van der Waals surface area contributed by atoms with Crippen molar-refractivity contribution in [3.05, 3.63) is 16.1 Å². The molecule has 0 aliphatic rings. The van der Waals surface area contributed by atoms with Crippen molar-refractivity contribution in [3.63, 3.8) is 0 Å². The van der Waals surface area contributed by atoms with Gasteiger partial charge in [-0.05, 0) is 27.9 Å². The van der Waals surface area contributed by atoms with E-state index in [-0.39, 0.29) is 0 Å². The number of nitrogens with zero attached hydrogens (tertiary/aromatic N) is 2. The Morgan fingerprint density at radius 3 is 2.55 bits per heavy atom. The maximum atomic E-state index is 4.21. The Morgan fingerprint density at radius 1 is 1.55 bits per heavy atom. The molecule has 1 unspecified atom stereocenters. The topological polar surface area (TPSA) is 16.1 Å². The van der Waals surface area contributed by atoms with Crippen LogP contribution in [0, 0.1) is 6.92 Å². The first-order valence-corrected chi connectivity index (χ1v) is 4.51. The highest BCUT2D eigenvalue weighted by Gasteiger charge is 2.09. The first-order chi connectivity index (χ1) is 5.11. The maximum Gasteiger partial charge on any atom is 0.0897 e. The van der Waals surface area contributed by atoms with Crippen molar-refractivity contribution in [1.29, 1.82) is 0 Å². The Hall–Kier alpha value is -0.410. The zero-order valence-electron chi connectivity index (χ0n) is 7.46. The quantitative estimate of drug-likeness (QED) is 0.675. The van der Waals surface area contributed by atoms with E-state index in [1.807, 2.05) is 13.1 Å². The first kappa shape index (κ1) is 8.68. The molecule has 1 atom stereocenters. The van der Waals surface area contributed by atoms with Gasteiger partial charge in [0, 0.05) is 17.1 Å². The van der Waals surface area contributed by atoms with Crippen LogP contribution in [0.5, 0.6) is 0 Å². The number of hydrogen-bond acceptors (Lipinski definition) is 3. The molecule has 0 saturated carbocycles. The van der Waals surface area contributed by atoms with E-state index in [0.29, 0.717) is 6.04 Å². The number of aryl methyl sites for hydroxylation is 1. The summed E-state index contributed by atoms with van der Waals surface area (Å²) in [5, 5.41) is 1.15. The van der Waals surface area contributed by atoms with Crippen LogP contribution in [0.2, 0.25) is 0 Å². The number of rotatable bonds is 2. The van der Waals surface area contributed by atoms with Crippen molar-refractivity contribution in [2.24, 2.45) is 0 Å². The number of hydrogen-bond donors (Lipinski definition) is 0. The highest BCUT2D eigenvalue weighted by Crippen LogP contribution is 2.22. The van der Waals surface area contributed by atoms with Crippen LogP contribution in [0.3, 0.4) is 0 Å². The van der Waals surface area contributed by atoms with E-state index >= 15 is 0 Å². The molecule has 0 aliphatic carbocycles. The summed E-state index contributed by atoms with van der Waals surface area (Å²) in [5.41, 5.74) is 0. The molecule has 0 N–H and O–H groups in total. The second-order valence-corrected chi connectivity index (χ2v) is 4.19. The van der Waals surface area contributed by atoms with Gasteiger partial charge in [-0.3, -0.25) is 0 Å². The molecule has 11 heavy (non-hydrogen) atoms. The second kappa shape index (κ2) is 3.32. The van der Waals surface area contributed by atoms with Crippen molar-refractivity contribution in [1.82, 2.24) is 9.88 Å². The molecule has 0 amide bonds. The van der Waals surface area contributed by atoms with Gasteiger partial charge in [0.2, 0.25) is 0 Å². The third kappa shape index (κ3) is 2.01. The average Bonchev–Trinajstić information content (AvgIpc) is 2.34. The van der Waals surface area contributed by atoms with Crippen LogP contribution < -0.4 is 0 Å². The average molecular weight is 170 g/mol. The zero-order chi connectivity index (χ0) is 8.43. The Kier molecular flexibility index (Phi) is 2.62. The summed E-state index contributed by atoms with van der Waals surface area (Å²) in [5.74, 6) is 0. The largest absolute Gasteiger partial charge is 0.302 e. The molecule has 1 rings (SSSR count). The Bertz CT molecular complexity index is 230. The molecule has 62 valence electrons. The highest BCUT2D eigenvalue weighted by atomic mass is 32.1. The van der Waals surface area contributed by atoms with E-state index in [4.69, 9.17) is 0 Å². The molecule has 0 fully saturated rings. The first-order valence-electron chi connectivity index (χ1n) is 3.70. The Balaban J connectivity index is 2.76. The molecule has 1 aromatic rings. The summed E-state index contributed by atoms with van der Waals surface area (Å²) < 4.78 is 0. The number of thiazole rings is 1. The predicted octanol–water partition coefficient (Wildman–Crippen LogP) is 2.07. The van der Waals surface area contributed by atoms with Gasteiger partial charge in [0.05, 0.1) is 5.01 Å². The van der Waals surface area contributed by atoms with Crippen molar-refractivity contribution in [2.45, 2.75) is 19.9 Å². The van der Waals surface area contributed by atoms with Crippen molar-refractivity contribution < 1.29 is 0 Å². The van der Waals surface area contributed by atoms with Crippen LogP contribution in [0.4, 0.5) is 0 Å². The molecular weight excluding hydrogens is 156 g/mol. The van der Waals surface area contributed by atoms with Crippen LogP contribution >= 0.6 is 11.3 Å². The van der Waals surface area contributed by atoms with Crippen LogP contribution in [-0.4, -0.2) is 24.0 Å². The van der Waals surface area contributed by atoms with Crippen LogP contribution in [0.15, 0.2) is 6.20 Å². The minimum Gasteiger partial charge on any atom is -0.302 e. The van der Waals surface area contributed by atoms with Gasteiger partial charge >= 0.3 is 0 Å². The van der Waals surface area contributed by atoms with Crippen molar-refractivity contribution in [2.75, 3.05) is 14.1 Å². The fourth-order valence-corrected chi connectivity index (χ4v) is 1.76. The SMILES string of the molecule is Cc1ncc(C(C)N(C)C)s1. The molecule has 0 bridgehead atoms. The van der Waals surface area contributed by atoms with Gasteiger partial charge in [0.15, 0.2) is 0 Å². The van der Waals surface area contributed by atoms with E-state index in [1.165, 1.54) is 4.88 Å². The molecule has 0 aliphatic heterocycles. The van der Waals surface area contributed by atoms with E-state index in [0.717, 1.165) is 5.01 Å². The minimum atomic E-state index is 0.487. The number of aromatic nitrogens is 1. The van der Waals surface area contributed by atoms with Gasteiger partial charge in [-0.15, -0.1) is 11.3 Å². The lowest BCUT2D eigenvalue weighted by molar-refractivity contribution is 0.325. The lowest BCUT2D eigenvalue weighted by atomic mass is 10.3. The molecule has 0 aromatic carbocycles. The predicted molar refractivity (Wildman–Crippen MR) is 49.0 cm³/mol. The summed E-state index contributed by atoms with van der Waals surface area (Å²) in [7, 11) is 4.17. The molecule has 0 radical (unpaired) electrons. The van der Waals surface area contributed by atoms with E-state index < -0.39 is 0 Å². The summed E-state index contributed by atoms with van der Waals surface area (Å²) in [6.07, 6.45) is 1.96. The smallest absolute Gasteiger partial charge is 0.0897 e. The molecule has 3 heteroatoms. The molecular formula is C8H14N2S. The monoisotopic (exact) mass is 170 g/mol. The Morgan fingerprint density at radius 2 is 2.18 bits per heavy atom. The fraction of sp³-hybridized carbons (Fsp3) is 0.625. The summed E-state index contributed by atoms with van der Waals surface area (Å²) in [6.45, 7) is 4.23. The van der Waals surface area contributed by atoms with Gasteiger partial charge in [0.25, 0.3) is 0 Å². The zero-order valence-corrected chi connectivity index (χ0v) is 8.27. The van der Waals surface area contributed by atoms with E-state index in [1.54, 1.807) is 11.3 Å². The van der Waals surface area contributed by atoms with Crippen LogP contribution in [0.25, 0.3) is 0 Å². The lowest BCUT2D eigenvalue weighted by Gasteiger charge is -2.17.